The van der Waals surface area contributed by atoms with Crippen LogP contribution < -0.4 is 15.5 Å². The summed E-state index contributed by atoms with van der Waals surface area (Å²) in [5, 5.41) is 5.47. The first kappa shape index (κ1) is 14.8. The number of nitrogens with one attached hydrogen (secondary N) is 2. The van der Waals surface area contributed by atoms with Gasteiger partial charge in [-0.3, -0.25) is 0 Å². The summed E-state index contributed by atoms with van der Waals surface area (Å²) < 4.78 is 12.8. The smallest absolute Gasteiger partial charge is 0.319 e. The van der Waals surface area contributed by atoms with Crippen LogP contribution in [0.25, 0.3) is 0 Å². The highest BCUT2D eigenvalue weighted by atomic mass is 19.1. The second-order valence-electron chi connectivity index (χ2n) is 4.88. The molecule has 0 saturated carbocycles. The summed E-state index contributed by atoms with van der Waals surface area (Å²) in [6.45, 7) is 0.349. The lowest BCUT2D eigenvalue weighted by Gasteiger charge is -2.13. The molecule has 0 aliphatic heterocycles. The number of hydrogen-bond donors (Lipinski definition) is 2. The number of amides is 2. The van der Waals surface area contributed by atoms with Crippen molar-refractivity contribution in [2.24, 2.45) is 0 Å². The van der Waals surface area contributed by atoms with Crippen LogP contribution in [0.3, 0.4) is 0 Å². The van der Waals surface area contributed by atoms with Gasteiger partial charge in [0, 0.05) is 32.0 Å². The number of halogens is 1. The molecule has 0 radical (unpaired) electrons. The predicted octanol–water partition coefficient (Wildman–Crippen LogP) is 3.21. The number of carbonyl (C=O) groups excluding carboxylic acids is 1. The van der Waals surface area contributed by atoms with Gasteiger partial charge in [-0.05, 0) is 42.0 Å². The van der Waals surface area contributed by atoms with Crippen molar-refractivity contribution in [2.75, 3.05) is 24.3 Å². The van der Waals surface area contributed by atoms with Gasteiger partial charge in [-0.25, -0.2) is 9.18 Å². The lowest BCUT2D eigenvalue weighted by atomic mass is 10.2. The van der Waals surface area contributed by atoms with Crippen molar-refractivity contribution < 1.29 is 9.18 Å². The molecule has 0 saturated heterocycles. The third kappa shape index (κ3) is 4.49. The van der Waals surface area contributed by atoms with Gasteiger partial charge < -0.3 is 15.5 Å². The summed E-state index contributed by atoms with van der Waals surface area (Å²) >= 11 is 0. The van der Waals surface area contributed by atoms with Crippen LogP contribution in [-0.2, 0) is 6.54 Å². The maximum atomic E-state index is 12.8. The predicted molar refractivity (Wildman–Crippen MR) is 83.0 cm³/mol. The topological polar surface area (TPSA) is 44.4 Å². The normalized spacial score (nSPS) is 10.0. The van der Waals surface area contributed by atoms with Crippen molar-refractivity contribution in [1.82, 2.24) is 5.32 Å². The minimum Gasteiger partial charge on any atom is -0.378 e. The fraction of sp³-hybridized carbons (Fsp3) is 0.188. The zero-order chi connectivity index (χ0) is 15.2. The molecule has 4 nitrogen and oxygen atoms in total. The van der Waals surface area contributed by atoms with Gasteiger partial charge in [0.05, 0.1) is 0 Å². The number of nitrogens with zero attached hydrogens (tertiary/aromatic N) is 1. The molecule has 0 fully saturated rings. The lowest BCUT2D eigenvalue weighted by Crippen LogP contribution is -2.28. The molecule has 2 N–H and O–H groups in total. The lowest BCUT2D eigenvalue weighted by molar-refractivity contribution is 0.251. The number of carbonyl (C=O) groups is 1. The van der Waals surface area contributed by atoms with Gasteiger partial charge >= 0.3 is 6.03 Å². The van der Waals surface area contributed by atoms with Crippen molar-refractivity contribution in [2.45, 2.75) is 6.54 Å². The van der Waals surface area contributed by atoms with Gasteiger partial charge in [0.15, 0.2) is 0 Å². The van der Waals surface area contributed by atoms with Gasteiger partial charge in [0.2, 0.25) is 0 Å². The van der Waals surface area contributed by atoms with Crippen LogP contribution in [-0.4, -0.2) is 20.1 Å². The number of rotatable bonds is 4. The summed E-state index contributed by atoms with van der Waals surface area (Å²) in [5.74, 6) is -0.288. The van der Waals surface area contributed by atoms with E-state index in [9.17, 15) is 9.18 Å². The maximum absolute atomic E-state index is 12.8. The number of anilines is 2. The molecule has 0 aliphatic carbocycles. The highest BCUT2D eigenvalue weighted by Crippen LogP contribution is 2.15. The van der Waals surface area contributed by atoms with Gasteiger partial charge in [-0.15, -0.1) is 0 Å². The molecule has 2 amide bonds. The van der Waals surface area contributed by atoms with Crippen LogP contribution in [0.15, 0.2) is 48.5 Å². The molecule has 2 aromatic carbocycles. The Morgan fingerprint density at radius 2 is 1.67 bits per heavy atom. The largest absolute Gasteiger partial charge is 0.378 e. The molecule has 0 aromatic heterocycles. The molecule has 0 heterocycles. The number of hydrogen-bond acceptors (Lipinski definition) is 2. The van der Waals surface area contributed by atoms with Crippen LogP contribution in [0.2, 0.25) is 0 Å². The Kier molecular flexibility index (Phi) is 4.77. The van der Waals surface area contributed by atoms with Crippen LogP contribution in [0, 0.1) is 5.82 Å². The van der Waals surface area contributed by atoms with Crippen LogP contribution >= 0.6 is 0 Å². The molecule has 21 heavy (non-hydrogen) atoms. The highest BCUT2D eigenvalue weighted by molar-refractivity contribution is 5.89. The van der Waals surface area contributed by atoms with E-state index in [1.54, 1.807) is 12.1 Å². The zero-order valence-corrected chi connectivity index (χ0v) is 12.1. The van der Waals surface area contributed by atoms with Gasteiger partial charge in [0.25, 0.3) is 0 Å². The molecule has 2 rings (SSSR count). The average molecular weight is 287 g/mol. The zero-order valence-electron chi connectivity index (χ0n) is 12.1. The van der Waals surface area contributed by atoms with Crippen molar-refractivity contribution in [1.29, 1.82) is 0 Å². The summed E-state index contributed by atoms with van der Waals surface area (Å²) in [4.78, 5) is 13.7. The van der Waals surface area contributed by atoms with E-state index in [0.29, 0.717) is 6.54 Å². The summed E-state index contributed by atoms with van der Waals surface area (Å²) in [6, 6.07) is 13.3. The Bertz CT molecular complexity index is 594. The molecular weight excluding hydrogens is 269 g/mol. The first-order chi connectivity index (χ1) is 10.0. The third-order valence-electron chi connectivity index (χ3n) is 3.01. The Morgan fingerprint density at radius 3 is 2.24 bits per heavy atom. The monoisotopic (exact) mass is 287 g/mol. The van der Waals surface area contributed by atoms with E-state index in [1.807, 2.05) is 43.3 Å². The first-order valence-corrected chi connectivity index (χ1v) is 6.61. The van der Waals surface area contributed by atoms with E-state index in [2.05, 4.69) is 10.6 Å². The van der Waals surface area contributed by atoms with E-state index < -0.39 is 0 Å². The second kappa shape index (κ2) is 6.74. The third-order valence-corrected chi connectivity index (χ3v) is 3.01. The van der Waals surface area contributed by atoms with E-state index in [4.69, 9.17) is 0 Å². The number of urea groups is 1. The fourth-order valence-electron chi connectivity index (χ4n) is 1.80. The maximum Gasteiger partial charge on any atom is 0.319 e. The minimum absolute atomic E-state index is 0.288. The Morgan fingerprint density at radius 1 is 1.05 bits per heavy atom. The summed E-state index contributed by atoms with van der Waals surface area (Å²) in [5.41, 5.74) is 2.62. The van der Waals surface area contributed by atoms with Crippen molar-refractivity contribution in [3.8, 4) is 0 Å². The Hall–Kier alpha value is -2.56. The quantitative estimate of drug-likeness (QED) is 0.907. The first-order valence-electron chi connectivity index (χ1n) is 6.61. The van der Waals surface area contributed by atoms with E-state index in [1.165, 1.54) is 12.1 Å². The number of benzene rings is 2. The molecular formula is C16H18FN3O. The molecule has 0 unspecified atom stereocenters. The standard InChI is InChI=1S/C16H18FN3O/c1-20(2)15-9-7-14(8-10-15)19-16(21)18-11-12-3-5-13(17)6-4-12/h3-10H,11H2,1-2H3,(H2,18,19,21). The highest BCUT2D eigenvalue weighted by Gasteiger charge is 2.02. The molecule has 5 heteroatoms. The van der Waals surface area contributed by atoms with Crippen molar-refractivity contribution in [3.63, 3.8) is 0 Å². The van der Waals surface area contributed by atoms with E-state index in [0.717, 1.165) is 16.9 Å². The Labute approximate surface area is 123 Å². The minimum atomic E-state index is -0.295. The molecule has 0 aliphatic rings. The van der Waals surface area contributed by atoms with Crippen LogP contribution in [0.4, 0.5) is 20.6 Å². The second-order valence-corrected chi connectivity index (χ2v) is 4.88. The summed E-state index contributed by atoms with van der Waals surface area (Å²) in [7, 11) is 3.91. The molecule has 0 atom stereocenters. The SMILES string of the molecule is CN(C)c1ccc(NC(=O)NCc2ccc(F)cc2)cc1. The molecule has 0 bridgehead atoms. The molecule has 110 valence electrons. The van der Waals surface area contributed by atoms with Crippen molar-refractivity contribution >= 4 is 17.4 Å². The summed E-state index contributed by atoms with van der Waals surface area (Å²) in [6.07, 6.45) is 0. The Balaban J connectivity index is 1.85. The van der Waals surface area contributed by atoms with E-state index >= 15 is 0 Å². The fourth-order valence-corrected chi connectivity index (χ4v) is 1.80. The molecule has 0 spiro atoms. The van der Waals surface area contributed by atoms with Gasteiger partial charge in [-0.1, -0.05) is 12.1 Å². The average Bonchev–Trinajstić information content (AvgIpc) is 2.47. The van der Waals surface area contributed by atoms with Gasteiger partial charge in [0.1, 0.15) is 5.82 Å². The van der Waals surface area contributed by atoms with Crippen LogP contribution in [0.1, 0.15) is 5.56 Å². The van der Waals surface area contributed by atoms with Gasteiger partial charge in [-0.2, -0.15) is 0 Å². The van der Waals surface area contributed by atoms with Crippen molar-refractivity contribution in [3.05, 3.63) is 59.9 Å². The van der Waals surface area contributed by atoms with E-state index in [-0.39, 0.29) is 11.8 Å². The molecule has 2 aromatic rings. The van der Waals surface area contributed by atoms with Crippen LogP contribution in [0.5, 0.6) is 0 Å².